The van der Waals surface area contributed by atoms with Crippen LogP contribution in [0.15, 0.2) is 72.8 Å². The molecule has 3 amide bonds. The molecule has 1 aliphatic heterocycles. The van der Waals surface area contributed by atoms with Crippen LogP contribution < -0.4 is 15.5 Å². The van der Waals surface area contributed by atoms with E-state index in [9.17, 15) is 18.8 Å². The van der Waals surface area contributed by atoms with E-state index in [0.717, 1.165) is 14.8 Å². The molecule has 0 bridgehead atoms. The van der Waals surface area contributed by atoms with E-state index in [1.54, 1.807) is 35.2 Å². The van der Waals surface area contributed by atoms with Crippen LogP contribution in [0, 0.1) is 9.39 Å². The van der Waals surface area contributed by atoms with Crippen LogP contribution in [0.2, 0.25) is 0 Å². The second-order valence-electron chi connectivity index (χ2n) is 9.37. The number of amides is 3. The highest BCUT2D eigenvalue weighted by Gasteiger charge is 2.34. The molecule has 0 spiro atoms. The van der Waals surface area contributed by atoms with Gasteiger partial charge in [0.05, 0.1) is 5.56 Å². The number of fused-ring (bicyclic) bond motifs is 1. The topological polar surface area (TPSA) is 78.5 Å². The lowest BCUT2D eigenvalue weighted by atomic mass is 10.0. The number of hydrogen-bond donors (Lipinski definition) is 2. The Morgan fingerprint density at radius 3 is 2.51 bits per heavy atom. The monoisotopic (exact) mass is 611 g/mol. The third-order valence-corrected chi connectivity index (χ3v) is 7.33. The Morgan fingerprint density at radius 2 is 1.78 bits per heavy atom. The maximum atomic E-state index is 13.9. The highest BCUT2D eigenvalue weighted by Crippen LogP contribution is 2.28. The first-order valence-electron chi connectivity index (χ1n) is 12.3. The summed E-state index contributed by atoms with van der Waals surface area (Å²) in [6, 6.07) is 18.9. The number of nitrogens with one attached hydrogen (secondary N) is 2. The molecule has 0 saturated heterocycles. The van der Waals surface area contributed by atoms with E-state index in [0.29, 0.717) is 24.0 Å². The second-order valence-corrected chi connectivity index (χ2v) is 10.5. The molecule has 3 aromatic carbocycles. The summed E-state index contributed by atoms with van der Waals surface area (Å²) in [7, 11) is 0. The summed E-state index contributed by atoms with van der Waals surface area (Å²) in [6.45, 7) is 3.88. The summed E-state index contributed by atoms with van der Waals surface area (Å²) in [5.74, 6) is -1.52. The van der Waals surface area contributed by atoms with Gasteiger partial charge in [-0.1, -0.05) is 42.5 Å². The summed E-state index contributed by atoms with van der Waals surface area (Å²) in [6.07, 6.45) is 1.13. The number of halogens is 2. The van der Waals surface area contributed by atoms with Gasteiger partial charge in [-0.15, -0.1) is 0 Å². The van der Waals surface area contributed by atoms with Crippen molar-refractivity contribution in [3.63, 3.8) is 0 Å². The smallest absolute Gasteiger partial charge is 0.253 e. The van der Waals surface area contributed by atoms with Crippen molar-refractivity contribution in [2.24, 2.45) is 0 Å². The van der Waals surface area contributed by atoms with Crippen LogP contribution in [0.5, 0.6) is 0 Å². The molecular formula is C29H29FIN3O3. The maximum Gasteiger partial charge on any atom is 0.253 e. The Morgan fingerprint density at radius 1 is 1.05 bits per heavy atom. The number of carbonyl (C=O) groups excluding carboxylic acids is 3. The molecule has 2 atom stereocenters. The average Bonchev–Trinajstić information content (AvgIpc) is 3.00. The Balaban J connectivity index is 1.58. The molecule has 1 heterocycles. The van der Waals surface area contributed by atoms with Crippen molar-refractivity contribution in [1.82, 2.24) is 10.6 Å². The lowest BCUT2D eigenvalue weighted by Crippen LogP contribution is -2.55. The molecule has 3 aromatic rings. The van der Waals surface area contributed by atoms with Crippen molar-refractivity contribution < 1.29 is 18.8 Å². The SMILES string of the molecule is CC(C)N1C(=O)[C@H](NC(=O)C(Cc2cccc(F)c2)NC(=O)c2ccccc2[125I])CCc2ccccc21. The Kier molecular flexibility index (Phi) is 8.58. The minimum Gasteiger partial charge on any atom is -0.342 e. The first-order valence-corrected chi connectivity index (χ1v) is 13.3. The predicted molar refractivity (Wildman–Crippen MR) is 150 cm³/mol. The predicted octanol–water partition coefficient (Wildman–Crippen LogP) is 4.64. The van der Waals surface area contributed by atoms with Gasteiger partial charge in [-0.2, -0.15) is 0 Å². The zero-order valence-electron chi connectivity index (χ0n) is 20.7. The number of carbonyl (C=O) groups is 3. The van der Waals surface area contributed by atoms with Gasteiger partial charge in [0, 0.05) is 21.7 Å². The normalized spacial score (nSPS) is 16.1. The van der Waals surface area contributed by atoms with Crippen molar-refractivity contribution in [3.8, 4) is 0 Å². The van der Waals surface area contributed by atoms with Crippen molar-refractivity contribution >= 4 is 46.0 Å². The van der Waals surface area contributed by atoms with Gasteiger partial charge in [-0.3, -0.25) is 14.4 Å². The lowest BCUT2D eigenvalue weighted by Gasteiger charge is -2.30. The molecule has 4 rings (SSSR count). The van der Waals surface area contributed by atoms with E-state index in [4.69, 9.17) is 0 Å². The number of rotatable bonds is 7. The largest absolute Gasteiger partial charge is 0.342 e. The van der Waals surface area contributed by atoms with Crippen LogP contribution in [-0.2, 0) is 22.4 Å². The molecule has 0 fully saturated rings. The third-order valence-electron chi connectivity index (χ3n) is 6.39. The standard InChI is InChI=1S/C29H29FIN3O3/c1-18(2)34-26-13-6-3-9-20(26)14-15-24(29(34)37)32-28(36)25(17-19-8-7-10-21(30)16-19)33-27(35)22-11-4-5-12-23(22)31/h3-13,16,18,24-25H,14-15,17H2,1-2H3,(H,32,36)(H,33,35)/t24-,25?/m1/s1/i31-2. The van der Waals surface area contributed by atoms with E-state index in [1.165, 1.54) is 12.1 Å². The molecule has 37 heavy (non-hydrogen) atoms. The molecule has 0 aromatic heterocycles. The highest BCUT2D eigenvalue weighted by molar-refractivity contribution is 14.1. The minimum absolute atomic E-state index is 0.0772. The molecule has 0 aliphatic carbocycles. The zero-order valence-corrected chi connectivity index (χ0v) is 22.9. The fourth-order valence-electron chi connectivity index (χ4n) is 4.60. The lowest BCUT2D eigenvalue weighted by molar-refractivity contribution is -0.128. The molecular weight excluding hydrogens is 582 g/mol. The second kappa shape index (κ2) is 11.9. The molecule has 1 aliphatic rings. The Labute approximate surface area is 229 Å². The number of nitrogens with zero attached hydrogens (tertiary/aromatic N) is 1. The van der Waals surface area contributed by atoms with Crippen LogP contribution in [0.1, 0.15) is 41.8 Å². The van der Waals surface area contributed by atoms with Crippen LogP contribution in [-0.4, -0.2) is 35.8 Å². The number of aryl methyl sites for hydroxylation is 1. The summed E-state index contributed by atoms with van der Waals surface area (Å²) in [5, 5.41) is 5.70. The quantitative estimate of drug-likeness (QED) is 0.383. The van der Waals surface area contributed by atoms with Crippen LogP contribution >= 0.6 is 22.6 Å². The van der Waals surface area contributed by atoms with E-state index in [1.807, 2.05) is 44.2 Å². The van der Waals surface area contributed by atoms with Crippen molar-refractivity contribution in [2.45, 2.75) is 51.2 Å². The van der Waals surface area contributed by atoms with Crippen LogP contribution in [0.3, 0.4) is 0 Å². The van der Waals surface area contributed by atoms with Gasteiger partial charge in [0.1, 0.15) is 17.9 Å². The summed E-state index contributed by atoms with van der Waals surface area (Å²) in [4.78, 5) is 42.0. The van der Waals surface area contributed by atoms with Crippen molar-refractivity contribution in [3.05, 3.63) is 98.9 Å². The van der Waals surface area contributed by atoms with Gasteiger partial charge >= 0.3 is 0 Å². The van der Waals surface area contributed by atoms with Gasteiger partial charge in [0.15, 0.2) is 0 Å². The molecule has 0 radical (unpaired) electrons. The van der Waals surface area contributed by atoms with Crippen molar-refractivity contribution in [2.75, 3.05) is 4.90 Å². The van der Waals surface area contributed by atoms with Crippen molar-refractivity contribution in [1.29, 1.82) is 0 Å². The number of para-hydroxylation sites is 1. The fourth-order valence-corrected chi connectivity index (χ4v) is 5.23. The maximum absolute atomic E-state index is 13.9. The average molecular weight is 611 g/mol. The number of benzene rings is 3. The Hall–Kier alpha value is -3.27. The van der Waals surface area contributed by atoms with E-state index in [2.05, 4.69) is 33.2 Å². The molecule has 6 nitrogen and oxygen atoms in total. The van der Waals surface area contributed by atoms with Gasteiger partial charge < -0.3 is 15.5 Å². The Bertz CT molecular complexity index is 1310. The van der Waals surface area contributed by atoms with Crippen LogP contribution in [0.25, 0.3) is 0 Å². The summed E-state index contributed by atoms with van der Waals surface area (Å²) >= 11 is 2.07. The van der Waals surface area contributed by atoms with Gasteiger partial charge in [-0.05, 0) is 90.7 Å². The minimum atomic E-state index is -1.00. The summed E-state index contributed by atoms with van der Waals surface area (Å²) in [5.41, 5.74) is 2.89. The third kappa shape index (κ3) is 6.36. The fraction of sp³-hybridized carbons (Fsp3) is 0.276. The molecule has 2 N–H and O–H groups in total. The van der Waals surface area contributed by atoms with E-state index < -0.39 is 29.7 Å². The van der Waals surface area contributed by atoms with Gasteiger partial charge in [0.25, 0.3) is 5.91 Å². The molecule has 0 saturated carbocycles. The van der Waals surface area contributed by atoms with E-state index in [-0.39, 0.29) is 18.4 Å². The molecule has 192 valence electrons. The number of anilines is 1. The van der Waals surface area contributed by atoms with Gasteiger partial charge in [-0.25, -0.2) is 4.39 Å². The highest BCUT2D eigenvalue weighted by atomic mass is 125. The first-order chi connectivity index (χ1) is 17.7. The van der Waals surface area contributed by atoms with Gasteiger partial charge in [0.2, 0.25) is 11.8 Å². The zero-order chi connectivity index (χ0) is 26.5. The van der Waals surface area contributed by atoms with E-state index >= 15 is 0 Å². The number of hydrogen-bond acceptors (Lipinski definition) is 3. The summed E-state index contributed by atoms with van der Waals surface area (Å²) < 4.78 is 14.6. The molecule has 8 heteroatoms. The first kappa shape index (κ1) is 26.8. The van der Waals surface area contributed by atoms with Crippen LogP contribution in [0.4, 0.5) is 10.1 Å². The molecule has 1 unspecified atom stereocenters.